The molecule has 2 aromatic carbocycles. The van der Waals surface area contributed by atoms with Crippen molar-refractivity contribution in [3.8, 4) is 11.5 Å². The molecule has 2 N–H and O–H groups in total. The Bertz CT molecular complexity index is 1180. The lowest BCUT2D eigenvalue weighted by molar-refractivity contribution is 0.147. The number of anilines is 4. The standard InChI is InChI=1S/C25H28FN5O4/c1-30-13-5-6-17(15-30)16-35-21-10-9-18(14-19(21)26)28-24-27-12-11-23(29-24)31(25(32)33)20-7-3-4-8-22(20)34-2/h3-4,7-12,14,17H,5-6,13,15-16H2,1-2H3,(H,32,33)(H,27,28,29). The second kappa shape index (κ2) is 11.0. The Kier molecular flexibility index (Phi) is 7.61. The molecule has 0 radical (unpaired) electrons. The summed E-state index contributed by atoms with van der Waals surface area (Å²) in [6.07, 6.45) is 2.37. The Morgan fingerprint density at radius 2 is 2.09 bits per heavy atom. The van der Waals surface area contributed by atoms with Gasteiger partial charge >= 0.3 is 6.09 Å². The van der Waals surface area contributed by atoms with Gasteiger partial charge in [-0.15, -0.1) is 0 Å². The molecule has 1 aliphatic rings. The van der Waals surface area contributed by atoms with Crippen molar-refractivity contribution in [1.82, 2.24) is 14.9 Å². The molecule has 1 amide bonds. The normalized spacial score (nSPS) is 15.9. The molecule has 1 atom stereocenters. The maximum absolute atomic E-state index is 14.7. The third kappa shape index (κ3) is 5.96. The first-order chi connectivity index (χ1) is 16.9. The van der Waals surface area contributed by atoms with Crippen LogP contribution in [0.15, 0.2) is 54.7 Å². The topological polar surface area (TPSA) is 100 Å². The molecule has 35 heavy (non-hydrogen) atoms. The molecule has 3 aromatic rings. The van der Waals surface area contributed by atoms with E-state index < -0.39 is 11.9 Å². The minimum atomic E-state index is -1.24. The number of piperidine rings is 1. The lowest BCUT2D eigenvalue weighted by Crippen LogP contribution is -2.34. The van der Waals surface area contributed by atoms with E-state index in [1.54, 1.807) is 36.4 Å². The first-order valence-electron chi connectivity index (χ1n) is 11.3. The number of likely N-dealkylation sites (tertiary alicyclic amines) is 1. The van der Waals surface area contributed by atoms with Crippen LogP contribution in [0.25, 0.3) is 0 Å². The van der Waals surface area contributed by atoms with Crippen molar-refractivity contribution in [1.29, 1.82) is 0 Å². The number of amides is 1. The zero-order valence-corrected chi connectivity index (χ0v) is 19.6. The Balaban J connectivity index is 1.48. The fraction of sp³-hybridized carbons (Fsp3) is 0.320. The van der Waals surface area contributed by atoms with Crippen LogP contribution in [-0.2, 0) is 0 Å². The molecular formula is C25H28FN5O4. The molecule has 2 heterocycles. The highest BCUT2D eigenvalue weighted by Crippen LogP contribution is 2.33. The summed E-state index contributed by atoms with van der Waals surface area (Å²) in [4.78, 5) is 23.7. The quantitative estimate of drug-likeness (QED) is 0.468. The van der Waals surface area contributed by atoms with Gasteiger partial charge in [0.15, 0.2) is 11.6 Å². The molecule has 1 aliphatic heterocycles. The van der Waals surface area contributed by atoms with Crippen LogP contribution in [0.5, 0.6) is 11.5 Å². The van der Waals surface area contributed by atoms with Crippen molar-refractivity contribution in [2.45, 2.75) is 12.8 Å². The third-order valence-corrected chi connectivity index (χ3v) is 5.77. The second-order valence-corrected chi connectivity index (χ2v) is 8.38. The van der Waals surface area contributed by atoms with E-state index in [-0.39, 0.29) is 17.5 Å². The monoisotopic (exact) mass is 481 g/mol. The molecular weight excluding hydrogens is 453 g/mol. The van der Waals surface area contributed by atoms with Gasteiger partial charge in [0.05, 0.1) is 19.4 Å². The summed E-state index contributed by atoms with van der Waals surface area (Å²) >= 11 is 0. The van der Waals surface area contributed by atoms with Crippen molar-refractivity contribution in [2.24, 2.45) is 5.92 Å². The molecule has 9 nitrogen and oxygen atoms in total. The lowest BCUT2D eigenvalue weighted by atomic mass is 10.00. The minimum absolute atomic E-state index is 0.109. The molecule has 0 aliphatic carbocycles. The SMILES string of the molecule is COc1ccccc1N(C(=O)O)c1ccnc(Nc2ccc(OCC3CCCN(C)C3)c(F)c2)n1. The molecule has 0 saturated carbocycles. The highest BCUT2D eigenvalue weighted by atomic mass is 19.1. The number of benzene rings is 2. The Morgan fingerprint density at radius 1 is 1.26 bits per heavy atom. The first-order valence-corrected chi connectivity index (χ1v) is 11.3. The summed E-state index contributed by atoms with van der Waals surface area (Å²) < 4.78 is 25.7. The van der Waals surface area contributed by atoms with Crippen LogP contribution in [0.4, 0.5) is 32.3 Å². The number of ether oxygens (including phenoxy) is 2. The summed E-state index contributed by atoms with van der Waals surface area (Å²) in [5, 5.41) is 12.8. The van der Waals surface area contributed by atoms with Gasteiger partial charge in [-0.2, -0.15) is 4.98 Å². The van der Waals surface area contributed by atoms with Gasteiger partial charge in [-0.1, -0.05) is 12.1 Å². The smallest absolute Gasteiger partial charge is 0.417 e. The largest absolute Gasteiger partial charge is 0.495 e. The van der Waals surface area contributed by atoms with Crippen molar-refractivity contribution in [2.75, 3.05) is 44.1 Å². The van der Waals surface area contributed by atoms with Crippen molar-refractivity contribution in [3.05, 3.63) is 60.5 Å². The van der Waals surface area contributed by atoms with E-state index in [1.807, 2.05) is 0 Å². The Morgan fingerprint density at radius 3 is 2.83 bits per heavy atom. The fourth-order valence-electron chi connectivity index (χ4n) is 4.11. The number of aromatic nitrogens is 2. The number of para-hydroxylation sites is 2. The molecule has 1 unspecified atom stereocenters. The maximum Gasteiger partial charge on any atom is 0.417 e. The van der Waals surface area contributed by atoms with Gasteiger partial charge in [0.25, 0.3) is 0 Å². The van der Waals surface area contributed by atoms with Crippen molar-refractivity contribution in [3.63, 3.8) is 0 Å². The van der Waals surface area contributed by atoms with E-state index >= 15 is 0 Å². The number of carboxylic acid groups (broad SMARTS) is 1. The van der Waals surface area contributed by atoms with Gasteiger partial charge in [-0.25, -0.2) is 19.1 Å². The van der Waals surface area contributed by atoms with Gasteiger partial charge < -0.3 is 24.8 Å². The van der Waals surface area contributed by atoms with Crippen LogP contribution < -0.4 is 19.7 Å². The van der Waals surface area contributed by atoms with Gasteiger partial charge in [0.1, 0.15) is 11.6 Å². The van der Waals surface area contributed by atoms with E-state index in [4.69, 9.17) is 9.47 Å². The minimum Gasteiger partial charge on any atom is -0.495 e. The molecule has 1 aromatic heterocycles. The van der Waals surface area contributed by atoms with Crippen LogP contribution in [0.1, 0.15) is 12.8 Å². The number of methoxy groups -OCH3 is 1. The van der Waals surface area contributed by atoms with Crippen molar-refractivity contribution >= 4 is 29.2 Å². The fourth-order valence-corrected chi connectivity index (χ4v) is 4.11. The van der Waals surface area contributed by atoms with E-state index in [9.17, 15) is 14.3 Å². The maximum atomic E-state index is 14.7. The van der Waals surface area contributed by atoms with Crippen LogP contribution in [0.2, 0.25) is 0 Å². The zero-order chi connectivity index (χ0) is 24.8. The van der Waals surface area contributed by atoms with Crippen LogP contribution >= 0.6 is 0 Å². The van der Waals surface area contributed by atoms with Gasteiger partial charge in [-0.05, 0) is 50.7 Å². The highest BCUT2D eigenvalue weighted by molar-refractivity contribution is 5.95. The highest BCUT2D eigenvalue weighted by Gasteiger charge is 2.22. The second-order valence-electron chi connectivity index (χ2n) is 8.38. The molecule has 184 valence electrons. The van der Waals surface area contributed by atoms with Crippen molar-refractivity contribution < 1.29 is 23.8 Å². The molecule has 0 spiro atoms. The van der Waals surface area contributed by atoms with Gasteiger partial charge in [-0.3, -0.25) is 0 Å². The number of rotatable bonds is 8. The predicted octanol–water partition coefficient (Wildman–Crippen LogP) is 4.90. The van der Waals surface area contributed by atoms with Gasteiger partial charge in [0.2, 0.25) is 5.95 Å². The summed E-state index contributed by atoms with van der Waals surface area (Å²) in [5.41, 5.74) is 0.715. The van der Waals surface area contributed by atoms with Crippen LogP contribution in [0, 0.1) is 11.7 Å². The average Bonchev–Trinajstić information content (AvgIpc) is 2.84. The number of nitrogens with zero attached hydrogens (tertiary/aromatic N) is 4. The zero-order valence-electron chi connectivity index (χ0n) is 19.6. The van der Waals surface area contributed by atoms with E-state index in [1.165, 1.54) is 25.4 Å². The average molecular weight is 482 g/mol. The molecule has 1 fully saturated rings. The van der Waals surface area contributed by atoms with E-state index in [2.05, 4.69) is 27.2 Å². The third-order valence-electron chi connectivity index (χ3n) is 5.77. The van der Waals surface area contributed by atoms with Gasteiger partial charge in [0, 0.05) is 36.5 Å². The number of nitrogens with one attached hydrogen (secondary N) is 1. The Labute approximate surface area is 203 Å². The van der Waals surface area contributed by atoms with E-state index in [0.29, 0.717) is 29.6 Å². The number of hydrogen-bond donors (Lipinski definition) is 2. The number of hydrogen-bond acceptors (Lipinski definition) is 7. The Hall–Kier alpha value is -3.92. The van der Waals surface area contributed by atoms with Crippen LogP contribution in [-0.4, -0.2) is 59.9 Å². The summed E-state index contributed by atoms with van der Waals surface area (Å²) in [6, 6.07) is 12.7. The van der Waals surface area contributed by atoms with Crippen LogP contribution in [0.3, 0.4) is 0 Å². The summed E-state index contributed by atoms with van der Waals surface area (Å²) in [6.45, 7) is 2.49. The first kappa shape index (κ1) is 24.2. The summed E-state index contributed by atoms with van der Waals surface area (Å²) in [7, 11) is 3.54. The predicted molar refractivity (Wildman–Crippen MR) is 131 cm³/mol. The lowest BCUT2D eigenvalue weighted by Gasteiger charge is -2.29. The summed E-state index contributed by atoms with van der Waals surface area (Å²) in [5.74, 6) is 0.658. The molecule has 1 saturated heterocycles. The molecule has 4 rings (SSSR count). The van der Waals surface area contributed by atoms with E-state index in [0.717, 1.165) is 30.8 Å². The molecule has 10 heteroatoms. The number of carbonyl (C=O) groups is 1. The number of halogens is 1. The molecule has 0 bridgehead atoms.